The molecule has 0 aliphatic rings. The van der Waals surface area contributed by atoms with Crippen molar-refractivity contribution < 1.29 is 14.3 Å². The van der Waals surface area contributed by atoms with Crippen LogP contribution in [0.1, 0.15) is 17.3 Å². The second-order valence-electron chi connectivity index (χ2n) is 4.29. The average Bonchev–Trinajstić information content (AvgIpc) is 2.48. The molecule has 2 N–H and O–H groups in total. The Labute approximate surface area is 122 Å². The number of aromatic nitrogens is 1. The van der Waals surface area contributed by atoms with Crippen molar-refractivity contribution in [3.8, 4) is 5.75 Å². The van der Waals surface area contributed by atoms with Crippen molar-refractivity contribution in [2.24, 2.45) is 0 Å². The second-order valence-corrected chi connectivity index (χ2v) is 4.29. The minimum Gasteiger partial charge on any atom is -0.495 e. The monoisotopic (exact) mass is 285 g/mol. The van der Waals surface area contributed by atoms with E-state index in [0.717, 1.165) is 0 Å². The first-order chi connectivity index (χ1) is 10.1. The molecule has 2 amide bonds. The number of nitrogens with one attached hydrogen (secondary N) is 2. The molecule has 2 aromatic rings. The highest BCUT2D eigenvalue weighted by atomic mass is 16.5. The van der Waals surface area contributed by atoms with Crippen LogP contribution in [-0.4, -0.2) is 23.9 Å². The number of carbonyl (C=O) groups is 2. The van der Waals surface area contributed by atoms with Gasteiger partial charge < -0.3 is 15.4 Å². The van der Waals surface area contributed by atoms with Crippen LogP contribution in [0.5, 0.6) is 5.75 Å². The number of pyridine rings is 1. The molecular weight excluding hydrogens is 270 g/mol. The lowest BCUT2D eigenvalue weighted by Crippen LogP contribution is -2.13. The fourth-order valence-electron chi connectivity index (χ4n) is 1.78. The molecule has 1 aromatic heterocycles. The molecule has 0 atom stereocenters. The van der Waals surface area contributed by atoms with Crippen molar-refractivity contribution in [1.82, 2.24) is 4.98 Å². The van der Waals surface area contributed by atoms with Crippen LogP contribution in [0.15, 0.2) is 42.7 Å². The number of anilines is 2. The normalized spacial score (nSPS) is 9.81. The summed E-state index contributed by atoms with van der Waals surface area (Å²) in [6.07, 6.45) is 3.06. The van der Waals surface area contributed by atoms with E-state index in [1.54, 1.807) is 36.5 Å². The molecule has 0 saturated heterocycles. The number of amides is 2. The highest BCUT2D eigenvalue weighted by molar-refractivity contribution is 6.05. The molecule has 0 saturated carbocycles. The van der Waals surface area contributed by atoms with Crippen molar-refractivity contribution in [2.45, 2.75) is 6.92 Å². The van der Waals surface area contributed by atoms with E-state index in [-0.39, 0.29) is 11.8 Å². The fraction of sp³-hybridized carbons (Fsp3) is 0.133. The van der Waals surface area contributed by atoms with Gasteiger partial charge in [-0.25, -0.2) is 0 Å². The van der Waals surface area contributed by atoms with Gasteiger partial charge in [-0.05, 0) is 30.3 Å². The maximum atomic E-state index is 12.1. The van der Waals surface area contributed by atoms with Gasteiger partial charge >= 0.3 is 0 Å². The van der Waals surface area contributed by atoms with Crippen molar-refractivity contribution in [1.29, 1.82) is 0 Å². The molecule has 0 spiro atoms. The molecule has 108 valence electrons. The first kappa shape index (κ1) is 14.5. The number of rotatable bonds is 4. The Morgan fingerprint density at radius 3 is 2.62 bits per heavy atom. The van der Waals surface area contributed by atoms with Crippen molar-refractivity contribution in [3.63, 3.8) is 0 Å². The van der Waals surface area contributed by atoms with Crippen LogP contribution in [0.2, 0.25) is 0 Å². The van der Waals surface area contributed by atoms with Crippen LogP contribution in [0.25, 0.3) is 0 Å². The van der Waals surface area contributed by atoms with Gasteiger partial charge in [0, 0.05) is 25.0 Å². The number of hydrogen-bond acceptors (Lipinski definition) is 4. The van der Waals surface area contributed by atoms with E-state index in [9.17, 15) is 9.59 Å². The summed E-state index contributed by atoms with van der Waals surface area (Å²) in [6.45, 7) is 1.41. The number of methoxy groups -OCH3 is 1. The van der Waals surface area contributed by atoms with Crippen LogP contribution in [0.4, 0.5) is 11.4 Å². The number of benzene rings is 1. The largest absolute Gasteiger partial charge is 0.495 e. The SMILES string of the molecule is COc1ccc(NC(C)=O)cc1NC(=O)c1cccnc1. The quantitative estimate of drug-likeness (QED) is 0.903. The summed E-state index contributed by atoms with van der Waals surface area (Å²) in [4.78, 5) is 27.1. The third-order valence-electron chi connectivity index (χ3n) is 2.69. The molecule has 0 radical (unpaired) electrons. The minimum absolute atomic E-state index is 0.190. The minimum atomic E-state index is -0.304. The molecule has 1 aromatic carbocycles. The Kier molecular flexibility index (Phi) is 4.50. The summed E-state index contributed by atoms with van der Waals surface area (Å²) in [7, 11) is 1.51. The van der Waals surface area contributed by atoms with E-state index < -0.39 is 0 Å². The second kappa shape index (κ2) is 6.51. The highest BCUT2D eigenvalue weighted by Gasteiger charge is 2.11. The maximum Gasteiger partial charge on any atom is 0.257 e. The van der Waals surface area contributed by atoms with E-state index in [4.69, 9.17) is 4.74 Å². The van der Waals surface area contributed by atoms with Crippen LogP contribution < -0.4 is 15.4 Å². The summed E-state index contributed by atoms with van der Waals surface area (Å²) in [5.74, 6) is 0.00687. The predicted octanol–water partition coefficient (Wildman–Crippen LogP) is 2.30. The molecule has 1 heterocycles. The Morgan fingerprint density at radius 2 is 2.00 bits per heavy atom. The fourth-order valence-corrected chi connectivity index (χ4v) is 1.78. The van der Waals surface area contributed by atoms with Crippen molar-refractivity contribution in [3.05, 3.63) is 48.3 Å². The zero-order valence-corrected chi connectivity index (χ0v) is 11.7. The zero-order valence-electron chi connectivity index (χ0n) is 11.7. The van der Waals surface area contributed by atoms with Gasteiger partial charge in [0.05, 0.1) is 18.4 Å². The van der Waals surface area contributed by atoms with Crippen LogP contribution in [0.3, 0.4) is 0 Å². The summed E-state index contributed by atoms with van der Waals surface area (Å²) in [5.41, 5.74) is 1.48. The number of carbonyl (C=O) groups excluding carboxylic acids is 2. The average molecular weight is 285 g/mol. The third-order valence-corrected chi connectivity index (χ3v) is 2.69. The standard InChI is InChI=1S/C15H15N3O3/c1-10(19)17-12-5-6-14(21-2)13(8-12)18-15(20)11-4-3-7-16-9-11/h3-9H,1-2H3,(H,17,19)(H,18,20). The molecule has 0 bridgehead atoms. The van der Waals surface area contributed by atoms with E-state index in [0.29, 0.717) is 22.7 Å². The molecule has 0 aliphatic heterocycles. The molecule has 6 heteroatoms. The maximum absolute atomic E-state index is 12.1. The van der Waals surface area contributed by atoms with Crippen molar-refractivity contribution >= 4 is 23.2 Å². The lowest BCUT2D eigenvalue weighted by molar-refractivity contribution is -0.114. The summed E-state index contributed by atoms with van der Waals surface area (Å²) in [5, 5.41) is 5.39. The van der Waals surface area contributed by atoms with Gasteiger partial charge in [0.25, 0.3) is 5.91 Å². The summed E-state index contributed by atoms with van der Waals surface area (Å²) in [6, 6.07) is 8.34. The van der Waals surface area contributed by atoms with Crippen LogP contribution in [0, 0.1) is 0 Å². The summed E-state index contributed by atoms with van der Waals surface area (Å²) < 4.78 is 5.20. The van der Waals surface area contributed by atoms with Gasteiger partial charge in [-0.2, -0.15) is 0 Å². The molecular formula is C15H15N3O3. The van der Waals surface area contributed by atoms with Gasteiger partial charge in [0.15, 0.2) is 0 Å². The highest BCUT2D eigenvalue weighted by Crippen LogP contribution is 2.28. The van der Waals surface area contributed by atoms with Crippen LogP contribution >= 0.6 is 0 Å². The lowest BCUT2D eigenvalue weighted by Gasteiger charge is -2.12. The molecule has 0 fully saturated rings. The first-order valence-corrected chi connectivity index (χ1v) is 6.27. The first-order valence-electron chi connectivity index (χ1n) is 6.27. The third kappa shape index (κ3) is 3.79. The smallest absolute Gasteiger partial charge is 0.257 e. The Morgan fingerprint density at radius 1 is 1.19 bits per heavy atom. The molecule has 2 rings (SSSR count). The van der Waals surface area contributed by atoms with Gasteiger partial charge in [-0.1, -0.05) is 0 Å². The van der Waals surface area contributed by atoms with Gasteiger partial charge in [0.2, 0.25) is 5.91 Å². The lowest BCUT2D eigenvalue weighted by atomic mass is 10.2. The number of hydrogen-bond donors (Lipinski definition) is 2. The predicted molar refractivity (Wildman–Crippen MR) is 79.5 cm³/mol. The van der Waals surface area contributed by atoms with Crippen LogP contribution in [-0.2, 0) is 4.79 Å². The Bertz CT molecular complexity index is 656. The van der Waals surface area contributed by atoms with E-state index in [1.165, 1.54) is 20.2 Å². The molecule has 0 aliphatic carbocycles. The van der Waals surface area contributed by atoms with E-state index in [1.807, 2.05) is 0 Å². The number of nitrogens with zero attached hydrogens (tertiary/aromatic N) is 1. The van der Waals surface area contributed by atoms with Crippen molar-refractivity contribution in [2.75, 3.05) is 17.7 Å². The summed E-state index contributed by atoms with van der Waals surface area (Å²) >= 11 is 0. The number of ether oxygens (including phenoxy) is 1. The molecule has 6 nitrogen and oxygen atoms in total. The Balaban J connectivity index is 2.25. The molecule has 0 unspecified atom stereocenters. The Hall–Kier alpha value is -2.89. The topological polar surface area (TPSA) is 80.3 Å². The van der Waals surface area contributed by atoms with Gasteiger partial charge in [0.1, 0.15) is 5.75 Å². The van der Waals surface area contributed by atoms with Gasteiger partial charge in [-0.15, -0.1) is 0 Å². The molecule has 21 heavy (non-hydrogen) atoms. The van der Waals surface area contributed by atoms with E-state index >= 15 is 0 Å². The van der Waals surface area contributed by atoms with E-state index in [2.05, 4.69) is 15.6 Å². The zero-order chi connectivity index (χ0) is 15.2. The van der Waals surface area contributed by atoms with Gasteiger partial charge in [-0.3, -0.25) is 14.6 Å².